The average Bonchev–Trinajstić information content (AvgIpc) is 3.14. The van der Waals surface area contributed by atoms with Crippen molar-refractivity contribution in [2.45, 2.75) is 37.9 Å². The Kier molecular flexibility index (Phi) is 6.26. The maximum atomic E-state index is 11.8. The van der Waals surface area contributed by atoms with Crippen LogP contribution in [0.25, 0.3) is 0 Å². The van der Waals surface area contributed by atoms with Crippen LogP contribution in [0, 0.1) is 0 Å². The third kappa shape index (κ3) is 4.45. The summed E-state index contributed by atoms with van der Waals surface area (Å²) >= 11 is 0. The fourth-order valence-electron chi connectivity index (χ4n) is 2.25. The molecular weight excluding hydrogens is 460 g/mol. The SMILES string of the molecule is O=C(OS(=O)(=O)N1C(=O)CCC1=O)C(O)C(O)C(=O)OS(=O)(=O)N1C(=O)CCC1=O. The Balaban J connectivity index is 2.08. The highest BCUT2D eigenvalue weighted by Crippen LogP contribution is 2.20. The summed E-state index contributed by atoms with van der Waals surface area (Å²) in [7, 11) is -10.8. The highest BCUT2D eigenvalue weighted by molar-refractivity contribution is 7.86. The first kappa shape index (κ1) is 23.3. The van der Waals surface area contributed by atoms with Crippen LogP contribution < -0.4 is 0 Å². The zero-order chi connectivity index (χ0) is 23.0. The number of amides is 4. The van der Waals surface area contributed by atoms with Crippen LogP contribution in [-0.2, 0) is 57.7 Å². The second kappa shape index (κ2) is 8.05. The summed E-state index contributed by atoms with van der Waals surface area (Å²) in [6.07, 6.45) is -8.11. The molecule has 0 spiro atoms. The Morgan fingerprint density at radius 3 is 1.13 bits per heavy atom. The van der Waals surface area contributed by atoms with Gasteiger partial charge in [-0.2, -0.15) is 16.8 Å². The van der Waals surface area contributed by atoms with Crippen molar-refractivity contribution >= 4 is 56.2 Å². The predicted octanol–water partition coefficient (Wildman–Crippen LogP) is -4.42. The van der Waals surface area contributed by atoms with Crippen molar-refractivity contribution in [1.29, 1.82) is 0 Å². The maximum absolute atomic E-state index is 11.8. The van der Waals surface area contributed by atoms with Crippen molar-refractivity contribution in [3.05, 3.63) is 0 Å². The lowest BCUT2D eigenvalue weighted by atomic mass is 10.2. The van der Waals surface area contributed by atoms with Crippen LogP contribution >= 0.6 is 0 Å². The van der Waals surface area contributed by atoms with Crippen molar-refractivity contribution in [3.63, 3.8) is 0 Å². The molecule has 2 heterocycles. The molecule has 0 radical (unpaired) electrons. The number of nitrogens with zero attached hydrogens (tertiary/aromatic N) is 2. The number of aliphatic hydroxyl groups excluding tert-OH is 2. The van der Waals surface area contributed by atoms with Gasteiger partial charge in [-0.25, -0.2) is 9.59 Å². The molecule has 2 rings (SSSR count). The van der Waals surface area contributed by atoms with E-state index in [-0.39, 0.29) is 0 Å². The maximum Gasteiger partial charge on any atom is 0.421 e. The van der Waals surface area contributed by atoms with E-state index in [1.54, 1.807) is 0 Å². The topological polar surface area (TPSA) is 236 Å². The Hall–Kier alpha value is -2.96. The molecule has 0 aliphatic carbocycles. The number of carbonyl (C=O) groups excluding carboxylic acids is 6. The summed E-state index contributed by atoms with van der Waals surface area (Å²) in [5.74, 6) is -9.50. The molecule has 2 saturated heterocycles. The molecule has 0 aromatic heterocycles. The molecule has 0 bridgehead atoms. The van der Waals surface area contributed by atoms with E-state index in [1.165, 1.54) is 0 Å². The van der Waals surface area contributed by atoms with Gasteiger partial charge in [0.05, 0.1) is 0 Å². The summed E-state index contributed by atoms with van der Waals surface area (Å²) in [4.78, 5) is 68.9. The Morgan fingerprint density at radius 2 is 0.900 bits per heavy atom. The van der Waals surface area contributed by atoms with Gasteiger partial charge in [-0.05, 0) is 0 Å². The lowest BCUT2D eigenvalue weighted by Crippen LogP contribution is -2.47. The molecule has 0 saturated carbocycles. The summed E-state index contributed by atoms with van der Waals surface area (Å²) in [6.45, 7) is 0. The molecular formula is C12H12N2O14S2. The Morgan fingerprint density at radius 1 is 0.667 bits per heavy atom. The van der Waals surface area contributed by atoms with Gasteiger partial charge >= 0.3 is 32.5 Å². The molecule has 2 aliphatic rings. The fraction of sp³-hybridized carbons (Fsp3) is 0.500. The van der Waals surface area contributed by atoms with Crippen molar-refractivity contribution in [2.75, 3.05) is 0 Å². The molecule has 2 N–H and O–H groups in total. The van der Waals surface area contributed by atoms with Crippen molar-refractivity contribution in [2.24, 2.45) is 0 Å². The summed E-state index contributed by atoms with van der Waals surface area (Å²) in [5.41, 5.74) is 0. The number of carbonyl (C=O) groups is 6. The number of aliphatic hydroxyl groups is 2. The molecule has 18 heteroatoms. The van der Waals surface area contributed by atoms with Gasteiger partial charge in [0, 0.05) is 25.7 Å². The largest absolute Gasteiger partial charge is 0.421 e. The number of hydrogen-bond donors (Lipinski definition) is 2. The molecule has 30 heavy (non-hydrogen) atoms. The zero-order valence-corrected chi connectivity index (χ0v) is 16.1. The second-order valence-electron chi connectivity index (χ2n) is 5.71. The van der Waals surface area contributed by atoms with Gasteiger partial charge < -0.3 is 18.6 Å². The monoisotopic (exact) mass is 472 g/mol. The van der Waals surface area contributed by atoms with Gasteiger partial charge in [0.25, 0.3) is 0 Å². The van der Waals surface area contributed by atoms with E-state index < -0.39 is 103 Å². The van der Waals surface area contributed by atoms with Gasteiger partial charge in [-0.1, -0.05) is 0 Å². The van der Waals surface area contributed by atoms with E-state index in [4.69, 9.17) is 0 Å². The molecule has 2 aliphatic heterocycles. The van der Waals surface area contributed by atoms with E-state index >= 15 is 0 Å². The third-order valence-electron chi connectivity index (χ3n) is 3.62. The quantitative estimate of drug-likeness (QED) is 0.333. The van der Waals surface area contributed by atoms with E-state index in [0.29, 0.717) is 0 Å². The Labute approximate surface area is 167 Å². The minimum absolute atomic E-state index is 0.405. The van der Waals surface area contributed by atoms with E-state index in [1.807, 2.05) is 0 Å². The predicted molar refractivity (Wildman–Crippen MR) is 84.2 cm³/mol. The molecule has 4 amide bonds. The molecule has 0 aromatic carbocycles. The van der Waals surface area contributed by atoms with Gasteiger partial charge in [-0.3, -0.25) is 19.2 Å². The number of hydrogen-bond acceptors (Lipinski definition) is 14. The van der Waals surface area contributed by atoms with Crippen LogP contribution in [-0.4, -0.2) is 83.4 Å². The van der Waals surface area contributed by atoms with Gasteiger partial charge in [0.15, 0.2) is 12.2 Å². The molecule has 2 atom stereocenters. The highest BCUT2D eigenvalue weighted by atomic mass is 32.2. The van der Waals surface area contributed by atoms with Crippen LogP contribution in [0.1, 0.15) is 25.7 Å². The van der Waals surface area contributed by atoms with Gasteiger partial charge in [-0.15, -0.1) is 8.61 Å². The minimum Gasteiger partial charge on any atom is -0.379 e. The smallest absolute Gasteiger partial charge is 0.379 e. The summed E-state index contributed by atoms with van der Waals surface area (Å²) in [6, 6.07) is 0. The first-order chi connectivity index (χ1) is 13.7. The molecule has 16 nitrogen and oxygen atoms in total. The van der Waals surface area contributed by atoms with Crippen molar-refractivity contribution < 1.29 is 64.2 Å². The Bertz CT molecular complexity index is 929. The molecule has 166 valence electrons. The van der Waals surface area contributed by atoms with Crippen LogP contribution in [0.5, 0.6) is 0 Å². The number of rotatable bonds is 7. The lowest BCUT2D eigenvalue weighted by Gasteiger charge is -2.19. The van der Waals surface area contributed by atoms with Crippen LogP contribution in [0.4, 0.5) is 0 Å². The molecule has 2 unspecified atom stereocenters. The summed E-state index contributed by atoms with van der Waals surface area (Å²) in [5, 5.41) is 19.1. The molecule has 2 fully saturated rings. The fourth-order valence-corrected chi connectivity index (χ4v) is 4.37. The van der Waals surface area contributed by atoms with Crippen LogP contribution in [0.15, 0.2) is 0 Å². The van der Waals surface area contributed by atoms with Gasteiger partial charge in [0.1, 0.15) is 0 Å². The summed E-state index contributed by atoms with van der Waals surface area (Å²) < 4.78 is 53.9. The average molecular weight is 472 g/mol. The second-order valence-corrected chi connectivity index (χ2v) is 8.49. The number of imide groups is 2. The zero-order valence-electron chi connectivity index (χ0n) is 14.5. The first-order valence-electron chi connectivity index (χ1n) is 7.73. The van der Waals surface area contributed by atoms with E-state index in [2.05, 4.69) is 8.37 Å². The van der Waals surface area contributed by atoms with Crippen LogP contribution in [0.3, 0.4) is 0 Å². The van der Waals surface area contributed by atoms with Crippen LogP contribution in [0.2, 0.25) is 0 Å². The normalized spacial score (nSPS) is 19.8. The van der Waals surface area contributed by atoms with Crippen molar-refractivity contribution in [3.8, 4) is 0 Å². The minimum atomic E-state index is -5.38. The third-order valence-corrected chi connectivity index (χ3v) is 6.07. The van der Waals surface area contributed by atoms with Gasteiger partial charge in [0.2, 0.25) is 23.6 Å². The highest BCUT2D eigenvalue weighted by Gasteiger charge is 2.46. The van der Waals surface area contributed by atoms with E-state index in [9.17, 15) is 55.8 Å². The van der Waals surface area contributed by atoms with E-state index in [0.717, 1.165) is 0 Å². The lowest BCUT2D eigenvalue weighted by molar-refractivity contribution is -0.162. The molecule has 0 aromatic rings. The standard InChI is InChI=1S/C12H12N2O14S2/c15-5-1-2-6(16)13(5)29(23,24)27-11(21)9(19)10(20)12(22)28-30(25,26)14-7(17)3-4-8(14)18/h9-10,19-20H,1-4H2. The first-order valence-corrected chi connectivity index (χ1v) is 10.5. The van der Waals surface area contributed by atoms with Crippen molar-refractivity contribution in [1.82, 2.24) is 8.61 Å².